The number of aromatic nitrogens is 2. The van der Waals surface area contributed by atoms with Gasteiger partial charge in [-0.1, -0.05) is 25.1 Å². The van der Waals surface area contributed by atoms with Crippen LogP contribution in [0.15, 0.2) is 41.5 Å². The normalized spacial score (nSPS) is 13.5. The van der Waals surface area contributed by atoms with Crippen molar-refractivity contribution in [1.82, 2.24) is 19.9 Å². The maximum atomic E-state index is 15.0. The molecule has 0 saturated heterocycles. The highest BCUT2D eigenvalue weighted by atomic mass is 32.2. The molecule has 0 aliphatic rings. The van der Waals surface area contributed by atoms with Crippen LogP contribution in [0.4, 0.5) is 8.78 Å². The van der Waals surface area contributed by atoms with Gasteiger partial charge in [-0.05, 0) is 37.6 Å². The van der Waals surface area contributed by atoms with Crippen LogP contribution in [0.1, 0.15) is 25.3 Å². The fraction of sp³-hybridized carbons (Fsp3) is 0.423. The Morgan fingerprint density at radius 1 is 1.23 bits per heavy atom. The molecule has 1 unspecified atom stereocenters. The van der Waals surface area contributed by atoms with E-state index in [0.29, 0.717) is 18.7 Å². The minimum atomic E-state index is -3.95. The van der Waals surface area contributed by atoms with Crippen molar-refractivity contribution in [3.63, 3.8) is 0 Å². The lowest BCUT2D eigenvalue weighted by molar-refractivity contribution is -0.132. The van der Waals surface area contributed by atoms with Crippen LogP contribution in [-0.4, -0.2) is 72.3 Å². The van der Waals surface area contributed by atoms with E-state index in [9.17, 15) is 22.4 Å². The largest absolute Gasteiger partial charge is 0.383 e. The van der Waals surface area contributed by atoms with E-state index in [1.165, 1.54) is 49.1 Å². The SMILES string of the molecule is CCC(CCn1cnc2cc(-c3ccc(CN(C)CCOC)c(F)c3F)ccc2c1=O)(C(=O)NO)S(C)(=O)=O. The zero-order chi connectivity index (χ0) is 29.0. The van der Waals surface area contributed by atoms with Crippen molar-refractivity contribution in [2.75, 3.05) is 33.6 Å². The summed E-state index contributed by atoms with van der Waals surface area (Å²) >= 11 is 0. The first-order valence-electron chi connectivity index (χ1n) is 12.2. The maximum Gasteiger partial charge on any atom is 0.264 e. The van der Waals surface area contributed by atoms with Crippen LogP contribution in [-0.2, 0) is 32.5 Å². The number of carbonyl (C=O) groups excluding carboxylic acids is 1. The van der Waals surface area contributed by atoms with E-state index in [4.69, 9.17) is 9.94 Å². The summed E-state index contributed by atoms with van der Waals surface area (Å²) in [6.45, 7) is 2.53. The Morgan fingerprint density at radius 2 is 1.95 bits per heavy atom. The fourth-order valence-corrected chi connectivity index (χ4v) is 5.88. The monoisotopic (exact) mass is 566 g/mol. The Kier molecular flexibility index (Phi) is 9.54. The van der Waals surface area contributed by atoms with Crippen molar-refractivity contribution in [2.45, 2.75) is 37.6 Å². The molecular weight excluding hydrogens is 534 g/mol. The van der Waals surface area contributed by atoms with Gasteiger partial charge in [-0.2, -0.15) is 0 Å². The van der Waals surface area contributed by atoms with Gasteiger partial charge in [-0.15, -0.1) is 0 Å². The second-order valence-corrected chi connectivity index (χ2v) is 11.7. The number of methoxy groups -OCH3 is 1. The average Bonchev–Trinajstić information content (AvgIpc) is 2.90. The molecule has 0 aliphatic heterocycles. The molecule has 39 heavy (non-hydrogen) atoms. The third kappa shape index (κ3) is 6.16. The van der Waals surface area contributed by atoms with Crippen LogP contribution in [0.5, 0.6) is 0 Å². The van der Waals surface area contributed by atoms with Crippen LogP contribution in [0.25, 0.3) is 22.0 Å². The Hall–Kier alpha value is -3.26. The molecule has 3 rings (SSSR count). The molecule has 0 fully saturated rings. The van der Waals surface area contributed by atoms with Crippen molar-refractivity contribution < 1.29 is 31.9 Å². The van der Waals surface area contributed by atoms with Crippen molar-refractivity contribution in [1.29, 1.82) is 0 Å². The van der Waals surface area contributed by atoms with Gasteiger partial charge in [-0.25, -0.2) is 27.7 Å². The zero-order valence-electron chi connectivity index (χ0n) is 22.2. The number of likely N-dealkylation sites (N-methyl/N-ethyl adjacent to an activating group) is 1. The van der Waals surface area contributed by atoms with E-state index in [-0.39, 0.29) is 48.0 Å². The third-order valence-electron chi connectivity index (χ3n) is 6.97. The molecule has 1 aromatic heterocycles. The Morgan fingerprint density at radius 3 is 2.56 bits per heavy atom. The maximum absolute atomic E-state index is 15.0. The number of benzene rings is 2. The molecule has 0 radical (unpaired) electrons. The summed E-state index contributed by atoms with van der Waals surface area (Å²) in [5.41, 5.74) is 1.67. The molecule has 212 valence electrons. The standard InChI is InChI=1S/C26H32F2N4O6S/c1-5-26(25(34)30-35,39(4,36)37)10-11-32-16-29-21-14-17(6-9-20(21)24(32)33)19-8-7-18(22(27)23(19)28)15-31(2)12-13-38-3/h6-9,14,16,35H,5,10-13,15H2,1-4H3,(H,30,34). The van der Waals surface area contributed by atoms with Crippen LogP contribution in [0.2, 0.25) is 0 Å². The van der Waals surface area contributed by atoms with Gasteiger partial charge in [0.25, 0.3) is 11.5 Å². The predicted octanol–water partition coefficient (Wildman–Crippen LogP) is 2.51. The first-order chi connectivity index (χ1) is 18.4. The molecule has 0 aliphatic carbocycles. The number of ether oxygens (including phenoxy) is 1. The smallest absolute Gasteiger partial charge is 0.264 e. The minimum Gasteiger partial charge on any atom is -0.383 e. The highest BCUT2D eigenvalue weighted by Gasteiger charge is 2.46. The highest BCUT2D eigenvalue weighted by molar-refractivity contribution is 7.92. The molecule has 2 aromatic carbocycles. The third-order valence-corrected chi connectivity index (χ3v) is 9.07. The first kappa shape index (κ1) is 30.3. The van der Waals surface area contributed by atoms with Gasteiger partial charge in [0.15, 0.2) is 26.2 Å². The number of nitrogens with zero attached hydrogens (tertiary/aromatic N) is 3. The summed E-state index contributed by atoms with van der Waals surface area (Å²) in [6, 6.07) is 7.36. The second-order valence-electron chi connectivity index (χ2n) is 9.42. The number of hydrogen-bond acceptors (Lipinski definition) is 8. The van der Waals surface area contributed by atoms with Gasteiger partial charge >= 0.3 is 0 Å². The van der Waals surface area contributed by atoms with E-state index in [2.05, 4.69) is 4.98 Å². The number of hydrogen-bond donors (Lipinski definition) is 2. The molecule has 1 heterocycles. The quantitative estimate of drug-likeness (QED) is 0.253. The van der Waals surface area contributed by atoms with Gasteiger partial charge in [0.1, 0.15) is 0 Å². The number of amides is 1. The van der Waals surface area contributed by atoms with Gasteiger partial charge in [0.05, 0.1) is 23.8 Å². The van der Waals surface area contributed by atoms with Crippen LogP contribution >= 0.6 is 0 Å². The zero-order valence-corrected chi connectivity index (χ0v) is 23.0. The summed E-state index contributed by atoms with van der Waals surface area (Å²) in [5, 5.41) is 9.27. The molecule has 1 amide bonds. The molecule has 2 N–H and O–H groups in total. The second kappa shape index (κ2) is 12.3. The lowest BCUT2D eigenvalue weighted by atomic mass is 10.00. The van der Waals surface area contributed by atoms with Crippen LogP contribution in [0, 0.1) is 11.6 Å². The molecule has 10 nitrogen and oxygen atoms in total. The van der Waals surface area contributed by atoms with E-state index in [0.717, 1.165) is 10.8 Å². The van der Waals surface area contributed by atoms with Crippen molar-refractivity contribution in [2.24, 2.45) is 0 Å². The lowest BCUT2D eigenvalue weighted by Crippen LogP contribution is -2.51. The average molecular weight is 567 g/mol. The molecule has 0 spiro atoms. The topological polar surface area (TPSA) is 131 Å². The molecule has 13 heteroatoms. The van der Waals surface area contributed by atoms with Gasteiger partial charge < -0.3 is 4.74 Å². The number of halogens is 2. The van der Waals surface area contributed by atoms with E-state index >= 15 is 4.39 Å². The van der Waals surface area contributed by atoms with E-state index in [1.54, 1.807) is 14.2 Å². The fourth-order valence-electron chi connectivity index (χ4n) is 4.51. The summed E-state index contributed by atoms with van der Waals surface area (Å²) < 4.78 is 58.9. The number of sulfone groups is 1. The van der Waals surface area contributed by atoms with Crippen LogP contribution < -0.4 is 11.0 Å². The van der Waals surface area contributed by atoms with Crippen molar-refractivity contribution in [3.8, 4) is 11.1 Å². The summed E-state index contributed by atoms with van der Waals surface area (Å²) in [5.74, 6) is -3.06. The number of fused-ring (bicyclic) bond motifs is 1. The van der Waals surface area contributed by atoms with Crippen molar-refractivity contribution >= 4 is 26.6 Å². The van der Waals surface area contributed by atoms with Gasteiger partial charge in [0.2, 0.25) is 0 Å². The summed E-state index contributed by atoms with van der Waals surface area (Å²) in [4.78, 5) is 31.4. The molecule has 0 bridgehead atoms. The summed E-state index contributed by atoms with van der Waals surface area (Å²) in [6.07, 6.45) is 1.69. The number of hydroxylamine groups is 1. The van der Waals surface area contributed by atoms with E-state index in [1.807, 2.05) is 4.90 Å². The highest BCUT2D eigenvalue weighted by Crippen LogP contribution is 2.29. The number of nitrogens with one attached hydrogen (secondary N) is 1. The lowest BCUT2D eigenvalue weighted by Gasteiger charge is -2.28. The predicted molar refractivity (Wildman–Crippen MR) is 142 cm³/mol. The number of rotatable bonds is 12. The molecule has 0 saturated carbocycles. The molecular formula is C26H32F2N4O6S. The molecule has 1 atom stereocenters. The summed E-state index contributed by atoms with van der Waals surface area (Å²) in [7, 11) is -0.618. The Labute approximate surface area is 225 Å². The first-order valence-corrected chi connectivity index (χ1v) is 14.1. The van der Waals surface area contributed by atoms with Crippen molar-refractivity contribution in [3.05, 3.63) is 64.2 Å². The Balaban J connectivity index is 1.91. The van der Waals surface area contributed by atoms with Crippen LogP contribution in [0.3, 0.4) is 0 Å². The minimum absolute atomic E-state index is 0.0135. The van der Waals surface area contributed by atoms with E-state index < -0.39 is 37.7 Å². The molecule has 3 aromatic rings. The van der Waals surface area contributed by atoms with Gasteiger partial charge in [0, 0.05) is 44.1 Å². The number of carbonyl (C=O) groups is 1. The van der Waals surface area contributed by atoms with Gasteiger partial charge in [-0.3, -0.25) is 24.3 Å². The Bertz CT molecular complexity index is 1530. The number of aryl methyl sites for hydroxylation is 1.